The van der Waals surface area contributed by atoms with Crippen molar-refractivity contribution in [2.75, 3.05) is 13.2 Å². The zero-order valence-electron chi connectivity index (χ0n) is 47.2. The molecule has 0 radical (unpaired) electrons. The zero-order valence-corrected chi connectivity index (χ0v) is 47.2. The summed E-state index contributed by atoms with van der Waals surface area (Å²) in [5, 5.41) is 26.1. The van der Waals surface area contributed by atoms with Gasteiger partial charge in [0.25, 0.3) is 0 Å². The van der Waals surface area contributed by atoms with E-state index >= 15 is 0 Å². The number of nitriles is 2. The van der Waals surface area contributed by atoms with Crippen LogP contribution in [-0.4, -0.2) is 33.1 Å². The minimum Gasteiger partial charge on any atom is -0.490 e. The zero-order chi connectivity index (χ0) is 52.5. The number of ether oxygens (including phenoxy) is 2. The maximum atomic E-state index is 10.2. The van der Waals surface area contributed by atoms with Gasteiger partial charge in [-0.15, -0.1) is 0 Å². The molecule has 0 saturated carbocycles. The Morgan fingerprint density at radius 1 is 0.365 bits per heavy atom. The first-order chi connectivity index (χ1) is 35.9. The van der Waals surface area contributed by atoms with Crippen molar-refractivity contribution >= 4 is 65.4 Å². The van der Waals surface area contributed by atoms with Crippen molar-refractivity contribution in [2.24, 2.45) is 0 Å². The van der Waals surface area contributed by atoms with Crippen LogP contribution in [0.2, 0.25) is 0 Å². The Morgan fingerprint density at radius 2 is 0.622 bits per heavy atom. The average molecular weight is 999 g/mol. The van der Waals surface area contributed by atoms with E-state index in [1.165, 1.54) is 154 Å². The molecular formula is C66H90N6O2. The highest BCUT2D eigenvalue weighted by Crippen LogP contribution is 2.47. The summed E-state index contributed by atoms with van der Waals surface area (Å²) in [6.45, 7) is 19.1. The number of fused-ring (bicyclic) bond motifs is 7. The van der Waals surface area contributed by atoms with Gasteiger partial charge in [-0.1, -0.05) is 222 Å². The third-order valence-corrected chi connectivity index (χ3v) is 15.6. The molecule has 0 aliphatic rings. The van der Waals surface area contributed by atoms with Crippen molar-refractivity contribution in [1.82, 2.24) is 19.9 Å². The maximum absolute atomic E-state index is 10.2. The molecule has 0 bridgehead atoms. The maximum Gasteiger partial charge on any atom is 0.177 e. The SMILES string of the molecule is CCCCCCCCCCCCCCCCOc1cc2nc3c4cc(C(C)(C)C)cc5c6nc(C#N)c(C#N)nc6c6cc(C(C)(C)C)cc(c3nc2cc1OCCCCCCCCCCCCCCCC)c6c54. The van der Waals surface area contributed by atoms with Gasteiger partial charge in [0.05, 0.1) is 46.3 Å². The van der Waals surface area contributed by atoms with Crippen LogP contribution in [0, 0.1) is 22.7 Å². The molecule has 7 aromatic rings. The molecule has 0 aliphatic heterocycles. The molecule has 0 amide bonds. The van der Waals surface area contributed by atoms with Crippen molar-refractivity contribution < 1.29 is 9.47 Å². The van der Waals surface area contributed by atoms with Gasteiger partial charge in [0.1, 0.15) is 12.1 Å². The van der Waals surface area contributed by atoms with Gasteiger partial charge in [0, 0.05) is 44.5 Å². The van der Waals surface area contributed by atoms with E-state index in [-0.39, 0.29) is 22.2 Å². The van der Waals surface area contributed by atoms with Crippen LogP contribution < -0.4 is 9.47 Å². The monoisotopic (exact) mass is 999 g/mol. The largest absolute Gasteiger partial charge is 0.490 e. The van der Waals surface area contributed by atoms with Crippen molar-refractivity contribution in [3.63, 3.8) is 0 Å². The van der Waals surface area contributed by atoms with Gasteiger partial charge < -0.3 is 9.47 Å². The fraction of sp³-hybridized carbons (Fsp3) is 0.606. The van der Waals surface area contributed by atoms with Gasteiger partial charge in [0.15, 0.2) is 22.9 Å². The Hall–Kier alpha value is -5.34. The first-order valence-electron chi connectivity index (χ1n) is 29.6. The second kappa shape index (κ2) is 27.4. The highest BCUT2D eigenvalue weighted by atomic mass is 16.5. The Morgan fingerprint density at radius 3 is 0.878 bits per heavy atom. The molecule has 0 unspecified atom stereocenters. The first-order valence-corrected chi connectivity index (χ1v) is 29.6. The van der Waals surface area contributed by atoms with E-state index < -0.39 is 0 Å². The van der Waals surface area contributed by atoms with E-state index in [1.807, 2.05) is 0 Å². The number of unbranched alkanes of at least 4 members (excludes halogenated alkanes) is 26. The van der Waals surface area contributed by atoms with Crippen LogP contribution in [0.4, 0.5) is 0 Å². The minimum atomic E-state index is -0.224. The molecule has 0 saturated heterocycles. The van der Waals surface area contributed by atoms with E-state index in [4.69, 9.17) is 29.4 Å². The first kappa shape index (κ1) is 56.4. The molecule has 0 N–H and O–H groups in total. The molecule has 0 fully saturated rings. The van der Waals surface area contributed by atoms with Crippen LogP contribution in [0.1, 0.15) is 258 Å². The lowest BCUT2D eigenvalue weighted by atomic mass is 9.80. The minimum absolute atomic E-state index is 0.0304. The molecule has 0 spiro atoms. The molecular weight excluding hydrogens is 909 g/mol. The predicted molar refractivity (Wildman–Crippen MR) is 312 cm³/mol. The van der Waals surface area contributed by atoms with Crippen LogP contribution in [-0.2, 0) is 10.8 Å². The summed E-state index contributed by atoms with van der Waals surface area (Å²) < 4.78 is 13.4. The van der Waals surface area contributed by atoms with Crippen LogP contribution in [0.15, 0.2) is 36.4 Å². The summed E-state index contributed by atoms with van der Waals surface area (Å²) in [6.07, 6.45) is 36.9. The van der Waals surface area contributed by atoms with E-state index in [2.05, 4.69) is 104 Å². The second-order valence-corrected chi connectivity index (χ2v) is 23.8. The summed E-state index contributed by atoms with van der Waals surface area (Å²) in [5.74, 6) is 1.46. The van der Waals surface area contributed by atoms with Gasteiger partial charge in [-0.2, -0.15) is 10.5 Å². The van der Waals surface area contributed by atoms with Crippen LogP contribution in [0.25, 0.3) is 65.4 Å². The van der Waals surface area contributed by atoms with E-state index in [0.29, 0.717) is 24.2 Å². The topological polar surface area (TPSA) is 118 Å². The van der Waals surface area contributed by atoms with Gasteiger partial charge in [-0.25, -0.2) is 19.9 Å². The number of hydrogen-bond acceptors (Lipinski definition) is 8. The summed E-state index contributed by atoms with van der Waals surface area (Å²) in [4.78, 5) is 20.9. The highest BCUT2D eigenvalue weighted by Gasteiger charge is 2.27. The van der Waals surface area contributed by atoms with Crippen molar-refractivity contribution in [3.05, 3.63) is 58.9 Å². The quantitative estimate of drug-likeness (QED) is 0.0233. The molecule has 2 heterocycles. The summed E-state index contributed by atoms with van der Waals surface area (Å²) in [7, 11) is 0. The fourth-order valence-corrected chi connectivity index (χ4v) is 11.0. The number of nitrogens with zero attached hydrogens (tertiary/aromatic N) is 6. The summed E-state index contributed by atoms with van der Waals surface area (Å²) >= 11 is 0. The summed E-state index contributed by atoms with van der Waals surface area (Å²) in [6, 6.07) is 17.4. The third-order valence-electron chi connectivity index (χ3n) is 15.6. The summed E-state index contributed by atoms with van der Waals surface area (Å²) in [5.41, 5.74) is 6.20. The van der Waals surface area contributed by atoms with Crippen molar-refractivity contribution in [1.29, 1.82) is 10.5 Å². The standard InChI is InChI=1S/C66H90N6O2/c1-9-11-13-15-17-19-21-23-25-27-29-31-33-35-37-73-57-43-53-54(44-58(57)74-38-36-34-32-30-28-26-24-22-20-18-16-14-12-10-2)70-62-50-40-48(66(6,7)8)42-52-60(50)59-49(61(62)69-53)39-47(65(3,4)5)41-51(59)63-64(52)72-56(46-68)55(45-67)71-63/h39-44H,9-38H2,1-8H3. The molecule has 8 heteroatoms. The Bertz CT molecular complexity index is 2800. The molecule has 2 aromatic heterocycles. The third kappa shape index (κ3) is 14.5. The van der Waals surface area contributed by atoms with Gasteiger partial charge >= 0.3 is 0 Å². The number of rotatable bonds is 32. The van der Waals surface area contributed by atoms with E-state index in [0.717, 1.165) is 103 Å². The van der Waals surface area contributed by atoms with Crippen LogP contribution in [0.5, 0.6) is 11.5 Å². The molecule has 0 atom stereocenters. The van der Waals surface area contributed by atoms with Crippen LogP contribution >= 0.6 is 0 Å². The fourth-order valence-electron chi connectivity index (χ4n) is 11.0. The lowest BCUT2D eigenvalue weighted by molar-refractivity contribution is 0.259. The van der Waals surface area contributed by atoms with E-state index in [9.17, 15) is 10.5 Å². The lowest BCUT2D eigenvalue weighted by Crippen LogP contribution is -2.12. The number of aromatic nitrogens is 4. The normalized spacial score (nSPS) is 12.3. The van der Waals surface area contributed by atoms with Gasteiger partial charge in [-0.05, 0) is 59.1 Å². The average Bonchev–Trinajstić information content (AvgIpc) is 3.39. The molecule has 396 valence electrons. The molecule has 0 aliphatic carbocycles. The van der Waals surface area contributed by atoms with Gasteiger partial charge in [-0.3, -0.25) is 0 Å². The Kier molecular flexibility index (Phi) is 20.9. The second-order valence-electron chi connectivity index (χ2n) is 23.8. The lowest BCUT2D eigenvalue weighted by Gasteiger charge is -2.25. The van der Waals surface area contributed by atoms with Crippen LogP contribution in [0.3, 0.4) is 0 Å². The molecule has 8 nitrogen and oxygen atoms in total. The van der Waals surface area contributed by atoms with Crippen molar-refractivity contribution in [2.45, 2.75) is 246 Å². The number of benzene rings is 5. The van der Waals surface area contributed by atoms with Crippen molar-refractivity contribution in [3.8, 4) is 23.6 Å². The van der Waals surface area contributed by atoms with Gasteiger partial charge in [0.2, 0.25) is 0 Å². The molecule has 5 aromatic carbocycles. The Balaban J connectivity index is 1.16. The molecule has 74 heavy (non-hydrogen) atoms. The van der Waals surface area contributed by atoms with E-state index in [1.54, 1.807) is 0 Å². The smallest absolute Gasteiger partial charge is 0.177 e. The Labute approximate surface area is 445 Å². The predicted octanol–water partition coefficient (Wildman–Crippen LogP) is 19.7. The highest BCUT2D eigenvalue weighted by molar-refractivity contribution is 6.38. The number of hydrogen-bond donors (Lipinski definition) is 0. The molecule has 7 rings (SSSR count).